The van der Waals surface area contributed by atoms with Gasteiger partial charge in [-0.3, -0.25) is 0 Å². The maximum absolute atomic E-state index is 5.85. The van der Waals surface area contributed by atoms with E-state index in [1.807, 2.05) is 0 Å². The molecule has 0 radical (unpaired) electrons. The van der Waals surface area contributed by atoms with Gasteiger partial charge in [0, 0.05) is 25.3 Å². The third kappa shape index (κ3) is 6.13. The summed E-state index contributed by atoms with van der Waals surface area (Å²) in [7, 11) is 0. The molecule has 3 heteroatoms. The molecule has 1 aliphatic carbocycles. The standard InChI is InChI=1S/C12H26N2O/c1-2-3-8-15-9-4-7-14-12-6-5-11(13)10-12/h11-12,14H,2-10,13H2,1H3. The highest BCUT2D eigenvalue weighted by Crippen LogP contribution is 2.16. The Morgan fingerprint density at radius 1 is 1.27 bits per heavy atom. The fourth-order valence-corrected chi connectivity index (χ4v) is 2.03. The average molecular weight is 214 g/mol. The molecule has 2 unspecified atom stereocenters. The normalized spacial score (nSPS) is 26.0. The van der Waals surface area contributed by atoms with Crippen molar-refractivity contribution in [3.8, 4) is 0 Å². The zero-order chi connectivity index (χ0) is 10.9. The Bertz CT molecular complexity index is 153. The van der Waals surface area contributed by atoms with Crippen molar-refractivity contribution >= 4 is 0 Å². The van der Waals surface area contributed by atoms with E-state index in [1.165, 1.54) is 25.7 Å². The van der Waals surface area contributed by atoms with Crippen LogP contribution in [-0.4, -0.2) is 31.8 Å². The molecule has 1 aliphatic rings. The minimum Gasteiger partial charge on any atom is -0.381 e. The van der Waals surface area contributed by atoms with Gasteiger partial charge in [-0.05, 0) is 38.6 Å². The van der Waals surface area contributed by atoms with Crippen molar-refractivity contribution in [2.75, 3.05) is 19.8 Å². The number of hydrogen-bond acceptors (Lipinski definition) is 3. The predicted molar refractivity (Wildman–Crippen MR) is 64.0 cm³/mol. The fourth-order valence-electron chi connectivity index (χ4n) is 2.03. The molecule has 3 N–H and O–H groups in total. The van der Waals surface area contributed by atoms with Crippen molar-refractivity contribution in [2.45, 2.75) is 57.5 Å². The van der Waals surface area contributed by atoms with Gasteiger partial charge in [0.2, 0.25) is 0 Å². The third-order valence-corrected chi connectivity index (χ3v) is 3.01. The zero-order valence-corrected chi connectivity index (χ0v) is 10.0. The molecule has 0 spiro atoms. The first-order valence-electron chi connectivity index (χ1n) is 6.39. The molecule has 1 saturated carbocycles. The summed E-state index contributed by atoms with van der Waals surface area (Å²) in [6.45, 7) is 5.08. The van der Waals surface area contributed by atoms with E-state index in [9.17, 15) is 0 Å². The van der Waals surface area contributed by atoms with Gasteiger partial charge in [0.05, 0.1) is 0 Å². The van der Waals surface area contributed by atoms with E-state index in [0.29, 0.717) is 12.1 Å². The van der Waals surface area contributed by atoms with Gasteiger partial charge in [0.25, 0.3) is 0 Å². The predicted octanol–water partition coefficient (Wildman–Crippen LogP) is 1.66. The largest absolute Gasteiger partial charge is 0.381 e. The number of hydrogen-bond donors (Lipinski definition) is 2. The molecule has 1 rings (SSSR count). The van der Waals surface area contributed by atoms with Gasteiger partial charge in [-0.1, -0.05) is 13.3 Å². The van der Waals surface area contributed by atoms with Crippen LogP contribution in [-0.2, 0) is 4.74 Å². The van der Waals surface area contributed by atoms with Crippen LogP contribution in [0.4, 0.5) is 0 Å². The first kappa shape index (κ1) is 12.9. The number of unbranched alkanes of at least 4 members (excludes halogenated alkanes) is 1. The molecule has 0 aromatic heterocycles. The van der Waals surface area contributed by atoms with E-state index in [4.69, 9.17) is 10.5 Å². The lowest BCUT2D eigenvalue weighted by Crippen LogP contribution is -2.29. The van der Waals surface area contributed by atoms with Gasteiger partial charge in [-0.25, -0.2) is 0 Å². The number of rotatable bonds is 8. The van der Waals surface area contributed by atoms with Gasteiger partial charge in [-0.15, -0.1) is 0 Å². The van der Waals surface area contributed by atoms with Gasteiger partial charge in [0.15, 0.2) is 0 Å². The molecule has 0 heterocycles. The van der Waals surface area contributed by atoms with Gasteiger partial charge >= 0.3 is 0 Å². The number of ether oxygens (including phenoxy) is 1. The van der Waals surface area contributed by atoms with Gasteiger partial charge in [0.1, 0.15) is 0 Å². The highest BCUT2D eigenvalue weighted by atomic mass is 16.5. The van der Waals surface area contributed by atoms with Crippen LogP contribution in [0.15, 0.2) is 0 Å². The average Bonchev–Trinajstić information content (AvgIpc) is 2.63. The highest BCUT2D eigenvalue weighted by Gasteiger charge is 2.20. The molecular weight excluding hydrogens is 188 g/mol. The Morgan fingerprint density at radius 2 is 2.07 bits per heavy atom. The Balaban J connectivity index is 1.81. The molecule has 15 heavy (non-hydrogen) atoms. The molecule has 2 atom stereocenters. The Labute approximate surface area is 93.8 Å². The summed E-state index contributed by atoms with van der Waals surface area (Å²) in [5.74, 6) is 0. The minimum absolute atomic E-state index is 0.434. The second kappa shape index (κ2) is 8.08. The summed E-state index contributed by atoms with van der Waals surface area (Å²) < 4.78 is 5.50. The van der Waals surface area contributed by atoms with Crippen LogP contribution in [0.25, 0.3) is 0 Å². The second-order valence-corrected chi connectivity index (χ2v) is 4.54. The number of nitrogens with two attached hydrogens (primary N) is 1. The summed E-state index contributed by atoms with van der Waals surface area (Å²) in [4.78, 5) is 0. The first-order valence-corrected chi connectivity index (χ1v) is 6.39. The molecule has 3 nitrogen and oxygen atoms in total. The molecule has 90 valence electrons. The third-order valence-electron chi connectivity index (χ3n) is 3.01. The Hall–Kier alpha value is -0.120. The van der Waals surface area contributed by atoms with E-state index in [-0.39, 0.29) is 0 Å². The molecule has 0 amide bonds. The van der Waals surface area contributed by atoms with E-state index in [0.717, 1.165) is 32.6 Å². The Kier molecular flexibility index (Phi) is 6.98. The first-order chi connectivity index (χ1) is 7.33. The minimum atomic E-state index is 0.434. The summed E-state index contributed by atoms with van der Waals surface area (Å²) >= 11 is 0. The maximum Gasteiger partial charge on any atom is 0.0478 e. The molecule has 0 aromatic carbocycles. The van der Waals surface area contributed by atoms with Crippen LogP contribution in [0.2, 0.25) is 0 Å². The quantitative estimate of drug-likeness (QED) is 0.604. The van der Waals surface area contributed by atoms with Gasteiger partial charge < -0.3 is 15.8 Å². The van der Waals surface area contributed by atoms with E-state index >= 15 is 0 Å². The summed E-state index contributed by atoms with van der Waals surface area (Å²) in [5.41, 5.74) is 5.85. The lowest BCUT2D eigenvalue weighted by molar-refractivity contribution is 0.128. The molecule has 0 bridgehead atoms. The van der Waals surface area contributed by atoms with Crippen molar-refractivity contribution in [3.63, 3.8) is 0 Å². The zero-order valence-electron chi connectivity index (χ0n) is 10.0. The molecule has 0 saturated heterocycles. The van der Waals surface area contributed by atoms with Crippen LogP contribution < -0.4 is 11.1 Å². The van der Waals surface area contributed by atoms with Crippen LogP contribution in [0.5, 0.6) is 0 Å². The van der Waals surface area contributed by atoms with Crippen LogP contribution in [0, 0.1) is 0 Å². The van der Waals surface area contributed by atoms with E-state index in [1.54, 1.807) is 0 Å². The van der Waals surface area contributed by atoms with Crippen molar-refractivity contribution in [3.05, 3.63) is 0 Å². The number of nitrogens with one attached hydrogen (secondary N) is 1. The summed E-state index contributed by atoms with van der Waals surface area (Å²) in [6, 6.07) is 1.10. The van der Waals surface area contributed by atoms with Crippen LogP contribution in [0.1, 0.15) is 45.4 Å². The molecule has 0 aliphatic heterocycles. The van der Waals surface area contributed by atoms with Crippen molar-refractivity contribution in [2.24, 2.45) is 5.73 Å². The molecule has 1 fully saturated rings. The van der Waals surface area contributed by atoms with Crippen molar-refractivity contribution < 1.29 is 4.74 Å². The molecule has 0 aromatic rings. The summed E-state index contributed by atoms with van der Waals surface area (Å²) in [5, 5.41) is 3.54. The summed E-state index contributed by atoms with van der Waals surface area (Å²) in [6.07, 6.45) is 7.11. The topological polar surface area (TPSA) is 47.3 Å². The van der Waals surface area contributed by atoms with Crippen LogP contribution in [0.3, 0.4) is 0 Å². The lowest BCUT2D eigenvalue weighted by Gasteiger charge is -2.11. The Morgan fingerprint density at radius 3 is 2.73 bits per heavy atom. The van der Waals surface area contributed by atoms with E-state index < -0.39 is 0 Å². The fraction of sp³-hybridized carbons (Fsp3) is 1.00. The van der Waals surface area contributed by atoms with Crippen LogP contribution >= 0.6 is 0 Å². The highest BCUT2D eigenvalue weighted by molar-refractivity contribution is 4.82. The van der Waals surface area contributed by atoms with E-state index in [2.05, 4.69) is 12.2 Å². The molecular formula is C12H26N2O. The van der Waals surface area contributed by atoms with Gasteiger partial charge in [-0.2, -0.15) is 0 Å². The maximum atomic E-state index is 5.85. The lowest BCUT2D eigenvalue weighted by atomic mass is 10.2. The monoisotopic (exact) mass is 214 g/mol. The van der Waals surface area contributed by atoms with Crippen molar-refractivity contribution in [1.82, 2.24) is 5.32 Å². The SMILES string of the molecule is CCCCOCCCNC1CCC(N)C1. The van der Waals surface area contributed by atoms with Crippen molar-refractivity contribution in [1.29, 1.82) is 0 Å². The smallest absolute Gasteiger partial charge is 0.0478 e. The second-order valence-electron chi connectivity index (χ2n) is 4.54.